The van der Waals surface area contributed by atoms with Gasteiger partial charge in [-0.2, -0.15) is 5.11 Å². The van der Waals surface area contributed by atoms with Gasteiger partial charge in [-0.05, 0) is 42.8 Å². The second-order valence-corrected chi connectivity index (χ2v) is 6.84. The fourth-order valence-electron chi connectivity index (χ4n) is 2.56. The van der Waals surface area contributed by atoms with Crippen LogP contribution in [0.4, 0.5) is 17.1 Å². The lowest BCUT2D eigenvalue weighted by atomic mass is 10.1. The molecule has 0 aliphatic heterocycles. The molecule has 0 aromatic heterocycles. The van der Waals surface area contributed by atoms with Crippen LogP contribution in [0, 0.1) is 0 Å². The summed E-state index contributed by atoms with van der Waals surface area (Å²) in [5, 5.41) is 14.1. The molecule has 7 heteroatoms. The minimum Gasteiger partial charge on any atom is -0.378 e. The highest BCUT2D eigenvalue weighted by Crippen LogP contribution is 2.23. The molecule has 7 nitrogen and oxygen atoms in total. The van der Waals surface area contributed by atoms with Crippen LogP contribution >= 0.6 is 0 Å². The minimum absolute atomic E-state index is 0.0621. The van der Waals surface area contributed by atoms with E-state index >= 15 is 0 Å². The zero-order valence-electron chi connectivity index (χ0n) is 17.3. The highest BCUT2D eigenvalue weighted by Gasteiger charge is 2.11. The van der Waals surface area contributed by atoms with Gasteiger partial charge in [0.15, 0.2) is 0 Å². The lowest BCUT2D eigenvalue weighted by Crippen LogP contribution is -2.31. The lowest BCUT2D eigenvalue weighted by Gasteiger charge is -2.11. The van der Waals surface area contributed by atoms with Crippen molar-refractivity contribution in [3.05, 3.63) is 54.1 Å². The van der Waals surface area contributed by atoms with Crippen molar-refractivity contribution >= 4 is 28.9 Å². The van der Waals surface area contributed by atoms with Crippen LogP contribution < -0.4 is 15.5 Å². The normalized spacial score (nSPS) is 10.7. The lowest BCUT2D eigenvalue weighted by molar-refractivity contribution is -0.120. The molecule has 0 spiro atoms. The van der Waals surface area contributed by atoms with Crippen LogP contribution in [0.25, 0.3) is 0 Å². The molecule has 2 N–H and O–H groups in total. The summed E-state index contributed by atoms with van der Waals surface area (Å²) in [4.78, 5) is 26.2. The molecule has 0 aliphatic rings. The zero-order valence-corrected chi connectivity index (χ0v) is 17.3. The standard InChI is InChI=1S/C22H29N5O2/c1-4-5-15-23-21(28)14-16-24-22(29)19-8-6-7-9-20(19)26-25-17-10-12-18(13-11-17)27(2)3/h6-13H,4-5,14-16H2,1-3H3,(H,23,28)(H,24,29). The Hall–Kier alpha value is -3.22. The van der Waals surface area contributed by atoms with E-state index in [1.807, 2.05) is 43.3 Å². The third-order valence-electron chi connectivity index (χ3n) is 4.28. The Morgan fingerprint density at radius 2 is 1.66 bits per heavy atom. The van der Waals surface area contributed by atoms with Gasteiger partial charge in [0.05, 0.1) is 16.9 Å². The van der Waals surface area contributed by atoms with Crippen molar-refractivity contribution in [2.45, 2.75) is 26.2 Å². The molecule has 0 fully saturated rings. The van der Waals surface area contributed by atoms with E-state index < -0.39 is 0 Å². The third kappa shape index (κ3) is 7.37. The molecule has 0 radical (unpaired) electrons. The SMILES string of the molecule is CCCCNC(=O)CCNC(=O)c1ccccc1N=Nc1ccc(N(C)C)cc1. The van der Waals surface area contributed by atoms with Gasteiger partial charge in [-0.3, -0.25) is 9.59 Å². The molecule has 2 aromatic rings. The molecular weight excluding hydrogens is 366 g/mol. The van der Waals surface area contributed by atoms with Crippen LogP contribution in [0.1, 0.15) is 36.5 Å². The number of hydrogen-bond acceptors (Lipinski definition) is 5. The topological polar surface area (TPSA) is 86.2 Å². The van der Waals surface area contributed by atoms with E-state index in [0.717, 1.165) is 18.5 Å². The monoisotopic (exact) mass is 395 g/mol. The van der Waals surface area contributed by atoms with Crippen LogP contribution in [0.2, 0.25) is 0 Å². The average molecular weight is 396 g/mol. The number of benzene rings is 2. The molecule has 0 saturated heterocycles. The number of nitrogens with zero attached hydrogens (tertiary/aromatic N) is 3. The van der Waals surface area contributed by atoms with Gasteiger partial charge in [0.25, 0.3) is 5.91 Å². The molecule has 29 heavy (non-hydrogen) atoms. The van der Waals surface area contributed by atoms with Crippen molar-refractivity contribution in [1.82, 2.24) is 10.6 Å². The molecule has 0 bridgehead atoms. The molecule has 154 valence electrons. The smallest absolute Gasteiger partial charge is 0.253 e. The van der Waals surface area contributed by atoms with Crippen molar-refractivity contribution < 1.29 is 9.59 Å². The molecular formula is C22H29N5O2. The number of carbonyl (C=O) groups is 2. The number of anilines is 1. The molecule has 0 saturated carbocycles. The van der Waals surface area contributed by atoms with Crippen LogP contribution in [0.3, 0.4) is 0 Å². The Labute approximate surface area is 172 Å². The highest BCUT2D eigenvalue weighted by molar-refractivity contribution is 5.99. The van der Waals surface area contributed by atoms with Gasteiger partial charge in [0.2, 0.25) is 5.91 Å². The Kier molecular flexibility index (Phi) is 8.82. The Morgan fingerprint density at radius 1 is 0.931 bits per heavy atom. The third-order valence-corrected chi connectivity index (χ3v) is 4.28. The summed E-state index contributed by atoms with van der Waals surface area (Å²) < 4.78 is 0. The Morgan fingerprint density at radius 3 is 2.34 bits per heavy atom. The Balaban J connectivity index is 1.95. The largest absolute Gasteiger partial charge is 0.378 e. The van der Waals surface area contributed by atoms with Gasteiger partial charge in [0, 0.05) is 39.3 Å². The van der Waals surface area contributed by atoms with E-state index in [9.17, 15) is 9.59 Å². The summed E-state index contributed by atoms with van der Waals surface area (Å²) in [6, 6.07) is 14.7. The number of amides is 2. The quantitative estimate of drug-likeness (QED) is 0.467. The maximum absolute atomic E-state index is 12.5. The number of rotatable bonds is 10. The van der Waals surface area contributed by atoms with Gasteiger partial charge in [-0.25, -0.2) is 0 Å². The predicted molar refractivity (Wildman–Crippen MR) is 116 cm³/mol. The van der Waals surface area contributed by atoms with Crippen LogP contribution in [0.15, 0.2) is 58.8 Å². The second-order valence-electron chi connectivity index (χ2n) is 6.84. The molecule has 2 rings (SSSR count). The molecule has 0 heterocycles. The van der Waals surface area contributed by atoms with Crippen molar-refractivity contribution in [2.75, 3.05) is 32.1 Å². The van der Waals surface area contributed by atoms with E-state index in [1.165, 1.54) is 0 Å². The summed E-state index contributed by atoms with van der Waals surface area (Å²) in [6.45, 7) is 3.01. The zero-order chi connectivity index (χ0) is 21.1. The maximum atomic E-state index is 12.5. The fourth-order valence-corrected chi connectivity index (χ4v) is 2.56. The summed E-state index contributed by atoms with van der Waals surface area (Å²) in [7, 11) is 3.94. The van der Waals surface area contributed by atoms with Crippen LogP contribution in [0.5, 0.6) is 0 Å². The number of azo groups is 1. The van der Waals surface area contributed by atoms with Crippen molar-refractivity contribution in [2.24, 2.45) is 10.2 Å². The van der Waals surface area contributed by atoms with Gasteiger partial charge >= 0.3 is 0 Å². The average Bonchev–Trinajstić information content (AvgIpc) is 2.73. The predicted octanol–water partition coefficient (Wildman–Crippen LogP) is 4.20. The summed E-state index contributed by atoms with van der Waals surface area (Å²) in [6.07, 6.45) is 2.23. The first-order chi connectivity index (χ1) is 14.0. The minimum atomic E-state index is -0.274. The highest BCUT2D eigenvalue weighted by atomic mass is 16.2. The first kappa shape index (κ1) is 22.1. The number of unbranched alkanes of at least 4 members (excludes halogenated alkanes) is 1. The summed E-state index contributed by atoms with van der Waals surface area (Å²) >= 11 is 0. The maximum Gasteiger partial charge on any atom is 0.253 e. The molecule has 2 aromatic carbocycles. The van der Waals surface area contributed by atoms with E-state index in [0.29, 0.717) is 23.5 Å². The van der Waals surface area contributed by atoms with Gasteiger partial charge in [0.1, 0.15) is 0 Å². The van der Waals surface area contributed by atoms with Gasteiger partial charge < -0.3 is 15.5 Å². The first-order valence-electron chi connectivity index (χ1n) is 9.84. The van der Waals surface area contributed by atoms with Crippen LogP contribution in [-0.4, -0.2) is 39.0 Å². The number of hydrogen-bond donors (Lipinski definition) is 2. The van der Waals surface area contributed by atoms with Crippen LogP contribution in [-0.2, 0) is 4.79 Å². The Bertz CT molecular complexity index is 831. The number of nitrogens with one attached hydrogen (secondary N) is 2. The van der Waals surface area contributed by atoms with Crippen molar-refractivity contribution in [3.63, 3.8) is 0 Å². The molecule has 0 aliphatic carbocycles. The van der Waals surface area contributed by atoms with Crippen molar-refractivity contribution in [1.29, 1.82) is 0 Å². The molecule has 0 unspecified atom stereocenters. The van der Waals surface area contributed by atoms with E-state index in [1.54, 1.807) is 24.3 Å². The summed E-state index contributed by atoms with van der Waals surface area (Å²) in [5.74, 6) is -0.336. The van der Waals surface area contributed by atoms with E-state index in [2.05, 4.69) is 27.8 Å². The van der Waals surface area contributed by atoms with Gasteiger partial charge in [-0.1, -0.05) is 25.5 Å². The van der Waals surface area contributed by atoms with Crippen molar-refractivity contribution in [3.8, 4) is 0 Å². The molecule has 0 atom stereocenters. The first-order valence-corrected chi connectivity index (χ1v) is 9.84. The van der Waals surface area contributed by atoms with E-state index in [-0.39, 0.29) is 24.8 Å². The fraction of sp³-hybridized carbons (Fsp3) is 0.364. The molecule has 2 amide bonds. The summed E-state index contributed by atoms with van der Waals surface area (Å²) in [5.41, 5.74) is 2.68. The second kappa shape index (κ2) is 11.6. The number of carbonyl (C=O) groups excluding carboxylic acids is 2. The van der Waals surface area contributed by atoms with Gasteiger partial charge in [-0.15, -0.1) is 5.11 Å². The van der Waals surface area contributed by atoms with E-state index in [4.69, 9.17) is 0 Å².